The second kappa shape index (κ2) is 9.74. The van der Waals surface area contributed by atoms with Gasteiger partial charge in [-0.2, -0.15) is 0 Å². The number of methoxy groups -OCH3 is 1. The van der Waals surface area contributed by atoms with E-state index in [9.17, 15) is 5.11 Å². The van der Waals surface area contributed by atoms with Gasteiger partial charge in [-0.15, -0.1) is 0 Å². The molecule has 0 radical (unpaired) electrons. The number of rotatable bonds is 7. The molecule has 3 aliphatic rings. The number of aliphatic hydroxyl groups is 1. The van der Waals surface area contributed by atoms with E-state index in [0.717, 1.165) is 49.9 Å². The van der Waals surface area contributed by atoms with Gasteiger partial charge in [-0.05, 0) is 100 Å². The molecule has 0 saturated heterocycles. The highest BCUT2D eigenvalue weighted by Gasteiger charge is 2.50. The van der Waals surface area contributed by atoms with Crippen molar-refractivity contribution in [2.24, 2.45) is 23.2 Å². The topological polar surface area (TPSA) is 29.5 Å². The zero-order valence-electron chi connectivity index (χ0n) is 20.3. The van der Waals surface area contributed by atoms with Crippen LogP contribution in [0.2, 0.25) is 0 Å². The second-order valence-corrected chi connectivity index (χ2v) is 11.4. The van der Waals surface area contributed by atoms with Crippen molar-refractivity contribution < 1.29 is 9.84 Å². The highest BCUT2D eigenvalue weighted by atomic mass is 16.5. The molecular weight excluding hydrogens is 368 g/mol. The fourth-order valence-corrected chi connectivity index (χ4v) is 6.87. The molecule has 0 bridgehead atoms. The SMILES string of the molecule is C=C1CC/C(=C/C=C2\CCC[C@]3(C)C([C@@H](C)CCCC(C)(C)O)CC[C@@H]23)C[C@H]1OC. The smallest absolute Gasteiger partial charge is 0.0815 e. The van der Waals surface area contributed by atoms with E-state index in [1.54, 1.807) is 5.57 Å². The van der Waals surface area contributed by atoms with Crippen molar-refractivity contribution in [3.8, 4) is 0 Å². The minimum Gasteiger partial charge on any atom is -0.390 e. The van der Waals surface area contributed by atoms with Crippen molar-refractivity contribution in [3.63, 3.8) is 0 Å². The molecule has 3 aliphatic carbocycles. The van der Waals surface area contributed by atoms with Gasteiger partial charge in [0.2, 0.25) is 0 Å². The molecule has 2 heteroatoms. The lowest BCUT2D eigenvalue weighted by atomic mass is 9.60. The molecule has 2 nitrogen and oxygen atoms in total. The Morgan fingerprint density at radius 1 is 1.23 bits per heavy atom. The van der Waals surface area contributed by atoms with Gasteiger partial charge in [0.05, 0.1) is 11.7 Å². The molecule has 1 N–H and O–H groups in total. The van der Waals surface area contributed by atoms with Gasteiger partial charge in [-0.1, -0.05) is 56.6 Å². The van der Waals surface area contributed by atoms with Crippen molar-refractivity contribution >= 4 is 0 Å². The van der Waals surface area contributed by atoms with E-state index in [0.29, 0.717) is 5.41 Å². The van der Waals surface area contributed by atoms with E-state index in [1.165, 1.54) is 49.7 Å². The van der Waals surface area contributed by atoms with Crippen molar-refractivity contribution in [2.45, 2.75) is 110 Å². The van der Waals surface area contributed by atoms with Crippen LogP contribution in [0.5, 0.6) is 0 Å². The van der Waals surface area contributed by atoms with E-state index in [4.69, 9.17) is 4.74 Å². The minimum atomic E-state index is -0.524. The number of ether oxygens (including phenoxy) is 1. The molecule has 3 saturated carbocycles. The van der Waals surface area contributed by atoms with Crippen LogP contribution >= 0.6 is 0 Å². The van der Waals surface area contributed by atoms with Crippen LogP contribution in [-0.2, 0) is 4.74 Å². The largest absolute Gasteiger partial charge is 0.390 e. The number of allylic oxidation sites excluding steroid dienone is 3. The van der Waals surface area contributed by atoms with Crippen molar-refractivity contribution in [1.82, 2.24) is 0 Å². The maximum Gasteiger partial charge on any atom is 0.0815 e. The standard InChI is InChI=1S/C28H46O2/c1-20(9-7-17-27(3,4)29)24-15-16-25-23(10-8-18-28(24,25)5)14-13-22-12-11-21(2)26(19-22)30-6/h13-14,20,24-26,29H,2,7-12,15-19H2,1,3-6H3/b22-13-,23-14+/t20-,24?,25-,26+,28+/m0/s1. The molecular formula is C28H46O2. The first kappa shape index (κ1) is 23.8. The van der Waals surface area contributed by atoms with Gasteiger partial charge in [-0.3, -0.25) is 0 Å². The summed E-state index contributed by atoms with van der Waals surface area (Å²) < 4.78 is 5.63. The maximum absolute atomic E-state index is 10.1. The first-order valence-corrected chi connectivity index (χ1v) is 12.5. The van der Waals surface area contributed by atoms with E-state index in [-0.39, 0.29) is 6.10 Å². The summed E-state index contributed by atoms with van der Waals surface area (Å²) in [7, 11) is 1.81. The van der Waals surface area contributed by atoms with Gasteiger partial charge >= 0.3 is 0 Å². The third-order valence-corrected chi connectivity index (χ3v) is 8.66. The van der Waals surface area contributed by atoms with E-state index in [2.05, 4.69) is 32.6 Å². The van der Waals surface area contributed by atoms with Gasteiger partial charge in [0.25, 0.3) is 0 Å². The Morgan fingerprint density at radius 2 is 2.00 bits per heavy atom. The highest BCUT2D eigenvalue weighted by molar-refractivity contribution is 5.28. The monoisotopic (exact) mass is 414 g/mol. The van der Waals surface area contributed by atoms with Crippen LogP contribution in [0.3, 0.4) is 0 Å². The Balaban J connectivity index is 1.66. The lowest BCUT2D eigenvalue weighted by Gasteiger charge is -2.44. The highest BCUT2D eigenvalue weighted by Crippen LogP contribution is 2.60. The van der Waals surface area contributed by atoms with Crippen LogP contribution in [0.1, 0.15) is 98.3 Å². The van der Waals surface area contributed by atoms with Crippen LogP contribution in [0.4, 0.5) is 0 Å². The van der Waals surface area contributed by atoms with Crippen molar-refractivity contribution in [1.29, 1.82) is 0 Å². The maximum atomic E-state index is 10.1. The minimum absolute atomic E-state index is 0.209. The lowest BCUT2D eigenvalue weighted by molar-refractivity contribution is 0.0596. The van der Waals surface area contributed by atoms with Gasteiger partial charge in [0.1, 0.15) is 0 Å². The van der Waals surface area contributed by atoms with Crippen LogP contribution in [0, 0.1) is 23.2 Å². The van der Waals surface area contributed by atoms with Gasteiger partial charge < -0.3 is 9.84 Å². The molecule has 3 fully saturated rings. The Hall–Kier alpha value is -0.860. The molecule has 5 atom stereocenters. The predicted molar refractivity (Wildman–Crippen MR) is 127 cm³/mol. The van der Waals surface area contributed by atoms with Crippen LogP contribution < -0.4 is 0 Å². The summed E-state index contributed by atoms with van der Waals surface area (Å²) in [6.45, 7) is 13.1. The number of fused-ring (bicyclic) bond motifs is 1. The Morgan fingerprint density at radius 3 is 2.70 bits per heavy atom. The number of hydrogen-bond acceptors (Lipinski definition) is 2. The molecule has 0 aromatic rings. The molecule has 0 aliphatic heterocycles. The summed E-state index contributed by atoms with van der Waals surface area (Å²) in [6, 6.07) is 0. The van der Waals surface area contributed by atoms with Crippen LogP contribution in [0.25, 0.3) is 0 Å². The summed E-state index contributed by atoms with van der Waals surface area (Å²) in [4.78, 5) is 0. The van der Waals surface area contributed by atoms with Gasteiger partial charge in [0, 0.05) is 7.11 Å². The first-order valence-electron chi connectivity index (χ1n) is 12.5. The van der Waals surface area contributed by atoms with Crippen LogP contribution in [-0.4, -0.2) is 23.9 Å². The molecule has 30 heavy (non-hydrogen) atoms. The molecule has 0 aromatic carbocycles. The Bertz CT molecular complexity index is 665. The zero-order valence-corrected chi connectivity index (χ0v) is 20.3. The normalized spacial score (nSPS) is 36.3. The number of hydrogen-bond donors (Lipinski definition) is 1. The van der Waals surface area contributed by atoms with Gasteiger partial charge in [0.15, 0.2) is 0 Å². The predicted octanol–water partition coefficient (Wildman–Crippen LogP) is 7.39. The molecule has 0 spiro atoms. The zero-order chi connectivity index (χ0) is 21.9. The molecule has 0 heterocycles. The van der Waals surface area contributed by atoms with Gasteiger partial charge in [-0.25, -0.2) is 0 Å². The quantitative estimate of drug-likeness (QED) is 0.440. The average molecular weight is 415 g/mol. The summed E-state index contributed by atoms with van der Waals surface area (Å²) in [6.07, 6.45) is 18.4. The third-order valence-electron chi connectivity index (χ3n) is 8.66. The average Bonchev–Trinajstić information content (AvgIpc) is 3.03. The lowest BCUT2D eigenvalue weighted by Crippen LogP contribution is -2.36. The molecule has 3 rings (SSSR count). The van der Waals surface area contributed by atoms with E-state index in [1.807, 2.05) is 21.0 Å². The summed E-state index contributed by atoms with van der Waals surface area (Å²) in [5.74, 6) is 2.35. The first-order chi connectivity index (χ1) is 14.1. The molecule has 0 aromatic heterocycles. The van der Waals surface area contributed by atoms with E-state index < -0.39 is 5.60 Å². The summed E-state index contributed by atoms with van der Waals surface area (Å²) in [5.41, 5.74) is 4.44. The van der Waals surface area contributed by atoms with Crippen molar-refractivity contribution in [3.05, 3.63) is 35.5 Å². The third kappa shape index (κ3) is 5.49. The molecule has 0 amide bonds. The fourth-order valence-electron chi connectivity index (χ4n) is 6.87. The summed E-state index contributed by atoms with van der Waals surface area (Å²) in [5, 5.41) is 10.1. The van der Waals surface area contributed by atoms with Crippen molar-refractivity contribution in [2.75, 3.05) is 7.11 Å². The van der Waals surface area contributed by atoms with Crippen LogP contribution in [0.15, 0.2) is 35.5 Å². The Labute approximate surface area is 185 Å². The Kier molecular flexibility index (Phi) is 7.72. The molecule has 1 unspecified atom stereocenters. The fraction of sp³-hybridized carbons (Fsp3) is 0.786. The molecule has 170 valence electrons. The second-order valence-electron chi connectivity index (χ2n) is 11.4. The summed E-state index contributed by atoms with van der Waals surface area (Å²) >= 11 is 0. The van der Waals surface area contributed by atoms with E-state index >= 15 is 0 Å².